The molecule has 3 aromatic rings. The Bertz CT molecular complexity index is 850. The molecule has 0 aliphatic carbocycles. The molecule has 0 aliphatic heterocycles. The molecule has 0 bridgehead atoms. The van der Waals surface area contributed by atoms with E-state index in [1.54, 1.807) is 48.8 Å². The molecule has 0 unspecified atom stereocenters. The van der Waals surface area contributed by atoms with E-state index >= 15 is 0 Å². The number of hydrogen-bond acceptors (Lipinski definition) is 5. The van der Waals surface area contributed by atoms with Crippen LogP contribution in [0, 0.1) is 0 Å². The Morgan fingerprint density at radius 1 is 1.04 bits per heavy atom. The van der Waals surface area contributed by atoms with E-state index in [4.69, 9.17) is 9.57 Å². The second-order valence-electron chi connectivity index (χ2n) is 5.32. The van der Waals surface area contributed by atoms with Crippen LogP contribution in [0.1, 0.15) is 11.1 Å². The Morgan fingerprint density at radius 3 is 2.58 bits per heavy atom. The number of aromatic nitrogens is 1. The smallest absolute Gasteiger partial charge is 0.437 e. The molecule has 2 aromatic carbocycles. The van der Waals surface area contributed by atoms with Crippen molar-refractivity contribution in [2.24, 2.45) is 5.16 Å². The van der Waals surface area contributed by atoms with Crippen molar-refractivity contribution < 1.29 is 14.4 Å². The van der Waals surface area contributed by atoms with Crippen LogP contribution < -0.4 is 10.1 Å². The molecule has 6 heteroatoms. The lowest BCUT2D eigenvalue weighted by molar-refractivity contribution is 0.167. The van der Waals surface area contributed by atoms with E-state index in [1.165, 1.54) is 6.21 Å². The molecule has 3 rings (SSSR count). The monoisotopic (exact) mass is 347 g/mol. The quantitative estimate of drug-likeness (QED) is 0.411. The fourth-order valence-electron chi connectivity index (χ4n) is 2.10. The molecule has 1 amide bonds. The van der Waals surface area contributed by atoms with Gasteiger partial charge in [0.15, 0.2) is 0 Å². The first kappa shape index (κ1) is 17.2. The van der Waals surface area contributed by atoms with E-state index in [2.05, 4.69) is 15.5 Å². The highest BCUT2D eigenvalue weighted by Gasteiger charge is 2.03. The maximum Gasteiger partial charge on any atom is 0.437 e. The number of pyridine rings is 1. The number of benzene rings is 2. The van der Waals surface area contributed by atoms with Crippen LogP contribution in [-0.2, 0) is 11.4 Å². The number of carbonyl (C=O) groups excluding carboxylic acids is 1. The highest BCUT2D eigenvalue weighted by atomic mass is 16.7. The van der Waals surface area contributed by atoms with Crippen molar-refractivity contribution in [3.05, 3.63) is 90.3 Å². The minimum Gasteiger partial charge on any atom is -0.489 e. The molecule has 0 radical (unpaired) electrons. The van der Waals surface area contributed by atoms with E-state index < -0.39 is 6.09 Å². The molecule has 0 saturated heterocycles. The highest BCUT2D eigenvalue weighted by molar-refractivity contribution is 5.85. The summed E-state index contributed by atoms with van der Waals surface area (Å²) in [5.41, 5.74) is 2.41. The molecule has 0 saturated carbocycles. The highest BCUT2D eigenvalue weighted by Crippen LogP contribution is 2.17. The van der Waals surface area contributed by atoms with Gasteiger partial charge in [-0.15, -0.1) is 0 Å². The van der Waals surface area contributed by atoms with Gasteiger partial charge in [0.1, 0.15) is 12.4 Å². The minimum atomic E-state index is -0.678. The van der Waals surface area contributed by atoms with Gasteiger partial charge < -0.3 is 4.74 Å². The molecule has 1 aromatic heterocycles. The van der Waals surface area contributed by atoms with E-state index in [9.17, 15) is 4.79 Å². The molecule has 0 atom stereocenters. The first-order chi connectivity index (χ1) is 12.8. The van der Waals surface area contributed by atoms with Crippen molar-refractivity contribution in [2.45, 2.75) is 6.61 Å². The first-order valence-electron chi connectivity index (χ1n) is 7.98. The molecular formula is C20H17N3O3. The molecular weight excluding hydrogens is 330 g/mol. The Kier molecular flexibility index (Phi) is 5.93. The fourth-order valence-corrected chi connectivity index (χ4v) is 2.10. The maximum absolute atomic E-state index is 11.7. The van der Waals surface area contributed by atoms with E-state index in [0.717, 1.165) is 11.1 Å². The Morgan fingerprint density at radius 2 is 1.85 bits per heavy atom. The summed E-state index contributed by atoms with van der Waals surface area (Å²) in [5.74, 6) is 0.711. The number of nitrogens with one attached hydrogen (secondary N) is 1. The van der Waals surface area contributed by atoms with Crippen LogP contribution in [-0.4, -0.2) is 17.3 Å². The molecule has 1 heterocycles. The molecule has 26 heavy (non-hydrogen) atoms. The lowest BCUT2D eigenvalue weighted by atomic mass is 10.2. The SMILES string of the molecule is O=C(Nc1ccc(OCc2ccccc2)cc1)O/N=C/c1cccnc1. The second-order valence-corrected chi connectivity index (χ2v) is 5.32. The predicted molar refractivity (Wildman–Crippen MR) is 99.2 cm³/mol. The number of carbonyl (C=O) groups is 1. The number of amides is 1. The van der Waals surface area contributed by atoms with Crippen LogP contribution in [0.2, 0.25) is 0 Å². The van der Waals surface area contributed by atoms with E-state index in [1.807, 2.05) is 30.3 Å². The summed E-state index contributed by atoms with van der Waals surface area (Å²) < 4.78 is 5.69. The summed E-state index contributed by atoms with van der Waals surface area (Å²) in [6.07, 6.45) is 3.99. The number of anilines is 1. The second kappa shape index (κ2) is 8.98. The summed E-state index contributed by atoms with van der Waals surface area (Å²) in [7, 11) is 0. The topological polar surface area (TPSA) is 72.8 Å². The standard InChI is InChI=1S/C20H17N3O3/c24-20(26-22-14-17-7-4-12-21-13-17)23-18-8-10-19(11-9-18)25-15-16-5-2-1-3-6-16/h1-14H,15H2,(H,23,24)/b22-14+. The molecule has 130 valence electrons. The van der Waals surface area contributed by atoms with Gasteiger partial charge in [0.05, 0.1) is 6.21 Å². The normalized spacial score (nSPS) is 10.5. The number of rotatable bonds is 6. The molecule has 0 aliphatic rings. The average Bonchev–Trinajstić information content (AvgIpc) is 2.69. The third-order valence-electron chi connectivity index (χ3n) is 3.37. The summed E-state index contributed by atoms with van der Waals surface area (Å²) in [5, 5.41) is 6.20. The predicted octanol–water partition coefficient (Wildman–Crippen LogP) is 4.24. The Hall–Kier alpha value is -3.67. The number of oxime groups is 1. The number of ether oxygens (including phenoxy) is 1. The van der Waals surface area contributed by atoms with Crippen molar-refractivity contribution in [3.8, 4) is 5.75 Å². The van der Waals surface area contributed by atoms with Crippen LogP contribution in [0.5, 0.6) is 5.75 Å². The fraction of sp³-hybridized carbons (Fsp3) is 0.0500. The summed E-state index contributed by atoms with van der Waals surface area (Å²) >= 11 is 0. The van der Waals surface area contributed by atoms with E-state index in [-0.39, 0.29) is 0 Å². The lowest BCUT2D eigenvalue weighted by Crippen LogP contribution is -2.10. The maximum atomic E-state index is 11.7. The van der Waals surface area contributed by atoms with Gasteiger partial charge in [-0.2, -0.15) is 0 Å². The van der Waals surface area contributed by atoms with Crippen LogP contribution >= 0.6 is 0 Å². The molecule has 0 spiro atoms. The molecule has 6 nitrogen and oxygen atoms in total. The van der Waals surface area contributed by atoms with Gasteiger partial charge in [-0.3, -0.25) is 15.1 Å². The van der Waals surface area contributed by atoms with Gasteiger partial charge >= 0.3 is 6.09 Å². The largest absolute Gasteiger partial charge is 0.489 e. The van der Waals surface area contributed by atoms with Gasteiger partial charge in [0, 0.05) is 23.6 Å². The zero-order valence-corrected chi connectivity index (χ0v) is 13.9. The average molecular weight is 347 g/mol. The van der Waals surface area contributed by atoms with Crippen LogP contribution in [0.3, 0.4) is 0 Å². The first-order valence-corrected chi connectivity index (χ1v) is 7.98. The van der Waals surface area contributed by atoms with Crippen LogP contribution in [0.4, 0.5) is 10.5 Å². The third-order valence-corrected chi connectivity index (χ3v) is 3.37. The summed E-state index contributed by atoms with van der Waals surface area (Å²) in [6.45, 7) is 0.485. The number of hydrogen-bond donors (Lipinski definition) is 1. The van der Waals surface area contributed by atoms with E-state index in [0.29, 0.717) is 18.0 Å². The van der Waals surface area contributed by atoms with Gasteiger partial charge in [0.2, 0.25) is 0 Å². The summed E-state index contributed by atoms with van der Waals surface area (Å²) in [4.78, 5) is 20.4. The molecule has 0 fully saturated rings. The minimum absolute atomic E-state index is 0.485. The van der Waals surface area contributed by atoms with Crippen LogP contribution in [0.25, 0.3) is 0 Å². The van der Waals surface area contributed by atoms with Gasteiger partial charge in [-0.25, -0.2) is 4.79 Å². The van der Waals surface area contributed by atoms with Crippen molar-refractivity contribution >= 4 is 18.0 Å². The van der Waals surface area contributed by atoms with Gasteiger partial charge in [-0.1, -0.05) is 41.6 Å². The van der Waals surface area contributed by atoms with Crippen LogP contribution in [0.15, 0.2) is 84.3 Å². The van der Waals surface area contributed by atoms with Gasteiger partial charge in [0.25, 0.3) is 0 Å². The zero-order chi connectivity index (χ0) is 18.0. The Balaban J connectivity index is 1.46. The van der Waals surface area contributed by atoms with Crippen molar-refractivity contribution in [3.63, 3.8) is 0 Å². The summed E-state index contributed by atoms with van der Waals surface area (Å²) in [6, 6.07) is 20.5. The zero-order valence-electron chi connectivity index (χ0n) is 13.9. The van der Waals surface area contributed by atoms with Crippen molar-refractivity contribution in [2.75, 3.05) is 5.32 Å². The third kappa shape index (κ3) is 5.45. The Labute approximate surface area is 151 Å². The van der Waals surface area contributed by atoms with Gasteiger partial charge in [-0.05, 0) is 35.9 Å². The number of nitrogens with zero attached hydrogens (tertiary/aromatic N) is 2. The van der Waals surface area contributed by atoms with Crippen molar-refractivity contribution in [1.82, 2.24) is 4.98 Å². The van der Waals surface area contributed by atoms with Crippen molar-refractivity contribution in [1.29, 1.82) is 0 Å². The lowest BCUT2D eigenvalue weighted by Gasteiger charge is -2.07. The molecule has 1 N–H and O–H groups in total.